The van der Waals surface area contributed by atoms with Crippen LogP contribution in [0.5, 0.6) is 11.5 Å². The van der Waals surface area contributed by atoms with E-state index in [4.69, 9.17) is 21.1 Å². The predicted octanol–water partition coefficient (Wildman–Crippen LogP) is 3.81. The van der Waals surface area contributed by atoms with Crippen LogP contribution in [0.15, 0.2) is 42.5 Å². The fraction of sp³-hybridized carbons (Fsp3) is 0.263. The summed E-state index contributed by atoms with van der Waals surface area (Å²) in [6.07, 6.45) is 0.728. The molecule has 0 saturated carbocycles. The molecule has 0 fully saturated rings. The van der Waals surface area contributed by atoms with Crippen LogP contribution in [0.2, 0.25) is 5.02 Å². The summed E-state index contributed by atoms with van der Waals surface area (Å²) < 4.78 is 11.0. The van der Waals surface area contributed by atoms with Crippen LogP contribution < -0.4 is 14.8 Å². The van der Waals surface area contributed by atoms with Crippen LogP contribution in [0.3, 0.4) is 0 Å². The highest BCUT2D eigenvalue weighted by atomic mass is 35.5. The second-order valence-corrected chi connectivity index (χ2v) is 5.83. The van der Waals surface area contributed by atoms with Gasteiger partial charge in [-0.1, -0.05) is 23.7 Å². The van der Waals surface area contributed by atoms with Crippen molar-refractivity contribution < 1.29 is 19.1 Å². The van der Waals surface area contributed by atoms with E-state index in [1.165, 1.54) is 0 Å². The highest BCUT2D eigenvalue weighted by Crippen LogP contribution is 2.28. The largest absolute Gasteiger partial charge is 0.490 e. The van der Waals surface area contributed by atoms with Gasteiger partial charge in [0, 0.05) is 10.6 Å². The average Bonchev–Trinajstić information content (AvgIpc) is 2.60. The zero-order chi connectivity index (χ0) is 18.2. The summed E-state index contributed by atoms with van der Waals surface area (Å²) in [5.41, 5.74) is 1.39. The summed E-state index contributed by atoms with van der Waals surface area (Å²) in [7, 11) is 0. The van der Waals surface area contributed by atoms with Crippen LogP contribution in [0.4, 0.5) is 0 Å². The number of ether oxygens (including phenoxy) is 2. The molecule has 2 aromatic carbocycles. The molecule has 1 N–H and O–H groups in total. The van der Waals surface area contributed by atoms with E-state index in [2.05, 4.69) is 5.32 Å². The first-order valence-corrected chi connectivity index (χ1v) is 8.31. The third kappa shape index (κ3) is 5.50. The number of carbonyl (C=O) groups is 2. The van der Waals surface area contributed by atoms with E-state index in [1.54, 1.807) is 30.3 Å². The number of rotatable bonds is 8. The van der Waals surface area contributed by atoms with Crippen LogP contribution in [-0.4, -0.2) is 25.4 Å². The summed E-state index contributed by atoms with van der Waals surface area (Å²) in [5.74, 6) is 0.579. The lowest BCUT2D eigenvalue weighted by Crippen LogP contribution is -2.31. The van der Waals surface area contributed by atoms with Crippen molar-refractivity contribution >= 4 is 23.8 Å². The van der Waals surface area contributed by atoms with Crippen molar-refractivity contribution in [3.05, 3.63) is 58.6 Å². The maximum atomic E-state index is 12.1. The Balaban J connectivity index is 1.96. The number of aldehydes is 1. The van der Waals surface area contributed by atoms with Gasteiger partial charge in [-0.3, -0.25) is 9.59 Å². The first kappa shape index (κ1) is 18.8. The van der Waals surface area contributed by atoms with E-state index < -0.39 is 0 Å². The number of halogens is 1. The minimum Gasteiger partial charge on any atom is -0.490 e. The summed E-state index contributed by atoms with van der Waals surface area (Å²) in [4.78, 5) is 23.0. The molecule has 0 heterocycles. The van der Waals surface area contributed by atoms with Crippen molar-refractivity contribution in [1.29, 1.82) is 0 Å². The molecule has 2 rings (SSSR count). The molecular weight excluding hydrogens is 342 g/mol. The summed E-state index contributed by atoms with van der Waals surface area (Å²) in [6.45, 7) is 3.97. The quantitative estimate of drug-likeness (QED) is 0.726. The minimum atomic E-state index is -0.269. The lowest BCUT2D eigenvalue weighted by Gasteiger charge is -2.16. The van der Waals surface area contributed by atoms with Crippen molar-refractivity contribution in [1.82, 2.24) is 5.32 Å². The van der Waals surface area contributed by atoms with Gasteiger partial charge in [-0.15, -0.1) is 0 Å². The number of hydrogen-bond acceptors (Lipinski definition) is 4. The molecule has 0 bridgehead atoms. The zero-order valence-electron chi connectivity index (χ0n) is 14.1. The van der Waals surface area contributed by atoms with Gasteiger partial charge in [0.25, 0.3) is 5.91 Å². The van der Waals surface area contributed by atoms with Crippen LogP contribution in [-0.2, 0) is 4.79 Å². The van der Waals surface area contributed by atoms with E-state index in [9.17, 15) is 9.59 Å². The van der Waals surface area contributed by atoms with Crippen LogP contribution in [0.1, 0.15) is 35.8 Å². The highest BCUT2D eigenvalue weighted by molar-refractivity contribution is 6.30. The molecule has 1 atom stereocenters. The molecule has 1 amide bonds. The molecule has 0 aromatic heterocycles. The Morgan fingerprint density at radius 3 is 2.68 bits per heavy atom. The molecular formula is C19H20ClNO4. The van der Waals surface area contributed by atoms with E-state index in [0.29, 0.717) is 28.7 Å². The second kappa shape index (κ2) is 9.08. The second-order valence-electron chi connectivity index (χ2n) is 5.39. The van der Waals surface area contributed by atoms with Crippen LogP contribution in [0.25, 0.3) is 0 Å². The zero-order valence-corrected chi connectivity index (χ0v) is 14.9. The molecule has 2 aromatic rings. The molecule has 5 nitrogen and oxygen atoms in total. The molecule has 0 saturated heterocycles. The van der Waals surface area contributed by atoms with Gasteiger partial charge in [0.05, 0.1) is 12.6 Å². The SMILES string of the molecule is CCOc1cc(C=O)ccc1OCC(=O)N[C@H](C)c1cccc(Cl)c1. The minimum absolute atomic E-state index is 0.161. The first-order valence-electron chi connectivity index (χ1n) is 7.93. The van der Waals surface area contributed by atoms with Gasteiger partial charge in [0.2, 0.25) is 0 Å². The Morgan fingerprint density at radius 1 is 1.20 bits per heavy atom. The third-order valence-corrected chi connectivity index (χ3v) is 3.72. The fourth-order valence-electron chi connectivity index (χ4n) is 2.27. The van der Waals surface area contributed by atoms with Crippen molar-refractivity contribution in [3.8, 4) is 11.5 Å². The third-order valence-electron chi connectivity index (χ3n) is 3.49. The van der Waals surface area contributed by atoms with Gasteiger partial charge in [-0.25, -0.2) is 0 Å². The number of nitrogens with one attached hydrogen (secondary N) is 1. The van der Waals surface area contributed by atoms with Gasteiger partial charge >= 0.3 is 0 Å². The fourth-order valence-corrected chi connectivity index (χ4v) is 2.47. The highest BCUT2D eigenvalue weighted by Gasteiger charge is 2.12. The lowest BCUT2D eigenvalue weighted by atomic mass is 10.1. The topological polar surface area (TPSA) is 64.6 Å². The van der Waals surface area contributed by atoms with E-state index >= 15 is 0 Å². The molecule has 0 radical (unpaired) electrons. The molecule has 0 aliphatic heterocycles. The van der Waals surface area contributed by atoms with Crippen LogP contribution in [0, 0.1) is 0 Å². The molecule has 0 spiro atoms. The number of hydrogen-bond donors (Lipinski definition) is 1. The Bertz CT molecular complexity index is 748. The van der Waals surface area contributed by atoms with Crippen molar-refractivity contribution in [2.75, 3.05) is 13.2 Å². The van der Waals surface area contributed by atoms with Gasteiger partial charge < -0.3 is 14.8 Å². The maximum absolute atomic E-state index is 12.1. The Labute approximate surface area is 151 Å². The molecule has 25 heavy (non-hydrogen) atoms. The van der Waals surface area contributed by atoms with Crippen LogP contribution >= 0.6 is 11.6 Å². The van der Waals surface area contributed by atoms with E-state index in [1.807, 2.05) is 26.0 Å². The Morgan fingerprint density at radius 2 is 2.00 bits per heavy atom. The van der Waals surface area contributed by atoms with Crippen molar-refractivity contribution in [2.24, 2.45) is 0 Å². The number of benzene rings is 2. The normalized spacial score (nSPS) is 11.5. The number of carbonyl (C=O) groups excluding carboxylic acids is 2. The number of amides is 1. The van der Waals surface area contributed by atoms with Gasteiger partial charge in [0.15, 0.2) is 18.1 Å². The summed E-state index contributed by atoms with van der Waals surface area (Å²) >= 11 is 5.96. The monoisotopic (exact) mass is 361 g/mol. The smallest absolute Gasteiger partial charge is 0.258 e. The van der Waals surface area contributed by atoms with E-state index in [-0.39, 0.29) is 18.6 Å². The maximum Gasteiger partial charge on any atom is 0.258 e. The standard InChI is InChI=1S/C19H20ClNO4/c1-3-24-18-9-14(11-22)7-8-17(18)25-12-19(23)21-13(2)15-5-4-6-16(20)10-15/h4-11,13H,3,12H2,1-2H3,(H,21,23)/t13-/m1/s1. The molecule has 6 heteroatoms. The predicted molar refractivity (Wildman–Crippen MR) is 96.5 cm³/mol. The average molecular weight is 362 g/mol. The molecule has 132 valence electrons. The van der Waals surface area contributed by atoms with Gasteiger partial charge in [0.1, 0.15) is 6.29 Å². The van der Waals surface area contributed by atoms with Gasteiger partial charge in [-0.05, 0) is 49.7 Å². The summed E-state index contributed by atoms with van der Waals surface area (Å²) in [6, 6.07) is 11.9. The van der Waals surface area contributed by atoms with Crippen molar-refractivity contribution in [2.45, 2.75) is 19.9 Å². The summed E-state index contributed by atoms with van der Waals surface area (Å²) in [5, 5.41) is 3.47. The van der Waals surface area contributed by atoms with Gasteiger partial charge in [-0.2, -0.15) is 0 Å². The van der Waals surface area contributed by atoms with Crippen molar-refractivity contribution in [3.63, 3.8) is 0 Å². The lowest BCUT2D eigenvalue weighted by molar-refractivity contribution is -0.123. The van der Waals surface area contributed by atoms with E-state index in [0.717, 1.165) is 11.8 Å². The Hall–Kier alpha value is -2.53. The molecule has 0 aliphatic rings. The Kier molecular flexibility index (Phi) is 6.83. The first-order chi connectivity index (χ1) is 12.0. The molecule has 0 aliphatic carbocycles. The molecule has 0 unspecified atom stereocenters.